The number of furan rings is 1. The average Bonchev–Trinajstić information content (AvgIpc) is 4.04. The van der Waals surface area contributed by atoms with Crippen molar-refractivity contribution in [3.05, 3.63) is 252 Å². The number of hydrogen-bond acceptors (Lipinski definition) is 1. The van der Waals surface area contributed by atoms with E-state index in [1.165, 1.54) is 105 Å². The van der Waals surface area contributed by atoms with Crippen molar-refractivity contribution >= 4 is 65.6 Å². The zero-order valence-corrected chi connectivity index (χ0v) is 35.2. The highest BCUT2D eigenvalue weighted by atomic mass is 16.3. The number of aromatic nitrogens is 2. The van der Waals surface area contributed by atoms with Crippen LogP contribution in [0, 0.1) is 0 Å². The summed E-state index contributed by atoms with van der Waals surface area (Å²) in [6, 6.07) is 80.7. The van der Waals surface area contributed by atoms with E-state index in [9.17, 15) is 0 Å². The molecule has 0 fully saturated rings. The first-order valence-corrected chi connectivity index (χ1v) is 22.7. The first-order valence-electron chi connectivity index (χ1n) is 22.7. The van der Waals surface area contributed by atoms with E-state index in [1.54, 1.807) is 0 Å². The van der Waals surface area contributed by atoms with Gasteiger partial charge in [-0.2, -0.15) is 0 Å². The van der Waals surface area contributed by atoms with Gasteiger partial charge in [0.15, 0.2) is 0 Å². The molecular weight excluding hydrogens is 789 g/mol. The fourth-order valence-electron chi connectivity index (χ4n) is 12.3. The molecule has 3 nitrogen and oxygen atoms in total. The molecule has 16 rings (SSSR count). The van der Waals surface area contributed by atoms with E-state index in [4.69, 9.17) is 4.42 Å². The Bertz CT molecular complexity index is 4140. The molecule has 65 heavy (non-hydrogen) atoms. The molecule has 0 N–H and O–H groups in total. The highest BCUT2D eigenvalue weighted by molar-refractivity contribution is 6.17. The normalized spacial score (nSPS) is 15.1. The molecule has 0 amide bonds. The van der Waals surface area contributed by atoms with Gasteiger partial charge in [-0.1, -0.05) is 170 Å². The van der Waals surface area contributed by atoms with Crippen molar-refractivity contribution in [1.82, 2.24) is 9.13 Å². The largest absolute Gasteiger partial charge is 0.456 e. The van der Waals surface area contributed by atoms with Crippen LogP contribution < -0.4 is 0 Å². The quantitative estimate of drug-likeness (QED) is 0.173. The topological polar surface area (TPSA) is 23.0 Å². The van der Waals surface area contributed by atoms with Crippen molar-refractivity contribution < 1.29 is 4.42 Å². The smallest absolute Gasteiger partial charge is 0.136 e. The maximum atomic E-state index is 6.44. The molecule has 0 radical (unpaired) electrons. The molecule has 0 spiro atoms. The monoisotopic (exact) mass is 826 g/mol. The highest BCUT2D eigenvalue weighted by Crippen LogP contribution is 2.60. The Hall–Kier alpha value is -8.40. The van der Waals surface area contributed by atoms with Crippen molar-refractivity contribution in [2.24, 2.45) is 0 Å². The minimum Gasteiger partial charge on any atom is -0.456 e. The minimum atomic E-state index is 0.0257. The van der Waals surface area contributed by atoms with Gasteiger partial charge in [0.25, 0.3) is 0 Å². The Kier molecular flexibility index (Phi) is 7.06. The third-order valence-electron chi connectivity index (χ3n) is 14.7. The molecule has 13 aromatic rings. The number of hydrogen-bond donors (Lipinski definition) is 0. The number of fused-ring (bicyclic) bond motifs is 9. The molecule has 10 aromatic carbocycles. The Balaban J connectivity index is 1.03. The van der Waals surface area contributed by atoms with Gasteiger partial charge < -0.3 is 13.6 Å². The van der Waals surface area contributed by atoms with Crippen LogP contribution in [-0.4, -0.2) is 9.13 Å². The number of benzene rings is 10. The van der Waals surface area contributed by atoms with E-state index < -0.39 is 0 Å². The first-order chi connectivity index (χ1) is 32.3. The molecule has 3 heterocycles. The molecule has 3 aromatic heterocycles. The van der Waals surface area contributed by atoms with Crippen LogP contribution in [0.3, 0.4) is 0 Å². The van der Waals surface area contributed by atoms with Crippen molar-refractivity contribution in [2.75, 3.05) is 0 Å². The average molecular weight is 827 g/mol. The second kappa shape index (κ2) is 13.1. The lowest BCUT2D eigenvalue weighted by molar-refractivity contribution is 0.669. The molecule has 3 aliphatic carbocycles. The van der Waals surface area contributed by atoms with Crippen LogP contribution in [0.2, 0.25) is 0 Å². The van der Waals surface area contributed by atoms with Crippen LogP contribution in [0.4, 0.5) is 0 Å². The molecule has 0 saturated heterocycles. The number of para-hydroxylation sites is 5. The van der Waals surface area contributed by atoms with E-state index >= 15 is 0 Å². The molecule has 3 heteroatoms. The summed E-state index contributed by atoms with van der Waals surface area (Å²) in [5.74, 6) is 0.132. The Morgan fingerprint density at radius 3 is 1.46 bits per heavy atom. The summed E-state index contributed by atoms with van der Waals surface area (Å²) < 4.78 is 11.5. The van der Waals surface area contributed by atoms with Crippen LogP contribution in [0.25, 0.3) is 99.2 Å². The SMILES string of the molecule is c1ccc(-c2ccccc2-n2c3ccccc3c3c4c(ccc32)C2c3ccccc3C4c3c2ccc2c3c3ccccc3n2-c2ccccc2-c2cccc3oc4ccccc4c23)cc1. The van der Waals surface area contributed by atoms with E-state index in [-0.39, 0.29) is 11.8 Å². The summed E-state index contributed by atoms with van der Waals surface area (Å²) in [5.41, 5.74) is 22.4. The van der Waals surface area contributed by atoms with Crippen LogP contribution in [0.1, 0.15) is 45.2 Å². The molecule has 0 aliphatic heterocycles. The van der Waals surface area contributed by atoms with Gasteiger partial charge in [0.05, 0.1) is 33.4 Å². The van der Waals surface area contributed by atoms with Crippen molar-refractivity contribution in [2.45, 2.75) is 11.8 Å². The minimum absolute atomic E-state index is 0.0257. The third-order valence-corrected chi connectivity index (χ3v) is 14.7. The number of rotatable bonds is 4. The summed E-state index contributed by atoms with van der Waals surface area (Å²) >= 11 is 0. The summed E-state index contributed by atoms with van der Waals surface area (Å²) in [7, 11) is 0. The predicted molar refractivity (Wildman–Crippen MR) is 268 cm³/mol. The van der Waals surface area contributed by atoms with Crippen molar-refractivity contribution in [1.29, 1.82) is 0 Å². The van der Waals surface area contributed by atoms with Gasteiger partial charge in [-0.3, -0.25) is 0 Å². The highest BCUT2D eigenvalue weighted by Gasteiger charge is 2.44. The van der Waals surface area contributed by atoms with Gasteiger partial charge in [0.1, 0.15) is 11.2 Å². The van der Waals surface area contributed by atoms with Gasteiger partial charge in [0.2, 0.25) is 0 Å². The van der Waals surface area contributed by atoms with Crippen LogP contribution in [0.5, 0.6) is 0 Å². The second-order valence-corrected chi connectivity index (χ2v) is 17.8. The first kappa shape index (κ1) is 35.1. The maximum Gasteiger partial charge on any atom is 0.136 e. The fourth-order valence-corrected chi connectivity index (χ4v) is 12.3. The lowest BCUT2D eigenvalue weighted by Gasteiger charge is -2.43. The standard InChI is InChI=1S/C62H38N2O/c1-2-17-37(18-3-1)38-19-6-11-27-48(38)63-50-29-13-8-23-43(50)58-52(63)35-33-46-56-41-21-4-5-22-42(41)60(61(46)58)62-47(56)34-36-53-59(62)44-24-9-14-30-51(44)64(53)49-28-12-7-20-39(49)40-26-16-32-55-57(40)45-25-10-15-31-54(45)65-55/h1-36,56,60H. The molecule has 0 saturated carbocycles. The predicted octanol–water partition coefficient (Wildman–Crippen LogP) is 16.1. The molecule has 2 unspecified atom stereocenters. The lowest BCUT2D eigenvalue weighted by atomic mass is 9.59. The molecule has 2 atom stereocenters. The van der Waals surface area contributed by atoms with E-state index in [2.05, 4.69) is 228 Å². The molecule has 3 aliphatic rings. The lowest BCUT2D eigenvalue weighted by Crippen LogP contribution is -2.28. The molecule has 2 bridgehead atoms. The zero-order valence-electron chi connectivity index (χ0n) is 35.2. The maximum absolute atomic E-state index is 6.44. The second-order valence-electron chi connectivity index (χ2n) is 17.8. The van der Waals surface area contributed by atoms with E-state index in [0.29, 0.717) is 0 Å². The van der Waals surface area contributed by atoms with Crippen LogP contribution in [-0.2, 0) is 0 Å². The Labute approximate surface area is 374 Å². The van der Waals surface area contributed by atoms with Gasteiger partial charge in [-0.25, -0.2) is 0 Å². The summed E-state index contributed by atoms with van der Waals surface area (Å²) in [5, 5.41) is 7.53. The van der Waals surface area contributed by atoms with Gasteiger partial charge in [-0.05, 0) is 93.0 Å². The number of nitrogens with zero attached hydrogens (tertiary/aromatic N) is 2. The Morgan fingerprint density at radius 1 is 0.292 bits per heavy atom. The van der Waals surface area contributed by atoms with Crippen LogP contribution >= 0.6 is 0 Å². The third kappa shape index (κ3) is 4.64. The van der Waals surface area contributed by atoms with Crippen molar-refractivity contribution in [3.8, 4) is 33.6 Å². The molecular formula is C62H38N2O. The van der Waals surface area contributed by atoms with Gasteiger partial charge in [0, 0.05) is 55.3 Å². The Morgan fingerprint density at radius 2 is 0.785 bits per heavy atom. The summed E-state index contributed by atoms with van der Waals surface area (Å²) in [6.07, 6.45) is 0. The van der Waals surface area contributed by atoms with Crippen LogP contribution in [0.15, 0.2) is 223 Å². The van der Waals surface area contributed by atoms with E-state index in [0.717, 1.165) is 27.6 Å². The van der Waals surface area contributed by atoms with Crippen molar-refractivity contribution in [3.63, 3.8) is 0 Å². The molecule has 302 valence electrons. The van der Waals surface area contributed by atoms with Gasteiger partial charge >= 0.3 is 0 Å². The van der Waals surface area contributed by atoms with Gasteiger partial charge in [-0.15, -0.1) is 0 Å². The summed E-state index contributed by atoms with van der Waals surface area (Å²) in [4.78, 5) is 0. The summed E-state index contributed by atoms with van der Waals surface area (Å²) in [6.45, 7) is 0. The zero-order chi connectivity index (χ0) is 42.3. The fraction of sp³-hybridized carbons (Fsp3) is 0.0323. The van der Waals surface area contributed by atoms with E-state index in [1.807, 2.05) is 0 Å².